The fraction of sp³-hybridized carbons (Fsp3) is 0.412. The van der Waals surface area contributed by atoms with Crippen molar-refractivity contribution in [2.75, 3.05) is 11.9 Å². The summed E-state index contributed by atoms with van der Waals surface area (Å²) in [4.78, 5) is 24.0. The first kappa shape index (κ1) is 18.0. The third kappa shape index (κ3) is 4.15. The molecular weight excluding hydrogens is 323 g/mol. The Morgan fingerprint density at radius 2 is 1.92 bits per heavy atom. The minimum absolute atomic E-state index is 0.204. The Balaban J connectivity index is 2.10. The van der Waals surface area contributed by atoms with Crippen molar-refractivity contribution in [2.24, 2.45) is 11.8 Å². The first-order chi connectivity index (χ1) is 11.2. The number of halogens is 3. The molecule has 0 saturated carbocycles. The lowest BCUT2D eigenvalue weighted by Crippen LogP contribution is -2.35. The number of nitrogens with one attached hydrogen (secondary N) is 1. The fourth-order valence-electron chi connectivity index (χ4n) is 2.66. The van der Waals surface area contributed by atoms with E-state index in [-0.39, 0.29) is 18.3 Å². The van der Waals surface area contributed by atoms with Crippen LogP contribution in [0.5, 0.6) is 0 Å². The summed E-state index contributed by atoms with van der Waals surface area (Å²) in [6, 6.07) is 4.54. The van der Waals surface area contributed by atoms with Crippen LogP contribution in [0.1, 0.15) is 25.8 Å². The number of alkyl halides is 3. The van der Waals surface area contributed by atoms with Gasteiger partial charge in [0.1, 0.15) is 5.92 Å². The summed E-state index contributed by atoms with van der Waals surface area (Å²) in [7, 11) is 0. The van der Waals surface area contributed by atoms with Crippen LogP contribution in [0.2, 0.25) is 0 Å². The minimum atomic E-state index is -4.39. The van der Waals surface area contributed by atoms with Crippen molar-refractivity contribution in [3.05, 3.63) is 41.6 Å². The predicted octanol–water partition coefficient (Wildman–Crippen LogP) is 3.79. The first-order valence-electron chi connectivity index (χ1n) is 7.57. The van der Waals surface area contributed by atoms with Crippen molar-refractivity contribution >= 4 is 17.4 Å². The van der Waals surface area contributed by atoms with E-state index in [4.69, 9.17) is 4.74 Å². The molecule has 1 aromatic carbocycles. The number of ether oxygens (including phenoxy) is 1. The van der Waals surface area contributed by atoms with Crippen molar-refractivity contribution in [1.82, 2.24) is 0 Å². The standard InChI is InChI=1S/C17H18F3NO3/c1-3-24-16(23)15-10(2)8-13(9-14(15)22)21-12-6-4-11(5-7-12)17(18,19)20/h4-7,9-10,15,21H,3,8H2,1-2H3/t10-,15+/m1/s1. The molecule has 4 nitrogen and oxygen atoms in total. The molecule has 0 spiro atoms. The van der Waals surface area contributed by atoms with Crippen molar-refractivity contribution in [1.29, 1.82) is 0 Å². The predicted molar refractivity (Wildman–Crippen MR) is 82.1 cm³/mol. The molecule has 0 fully saturated rings. The van der Waals surface area contributed by atoms with Gasteiger partial charge in [-0.3, -0.25) is 9.59 Å². The lowest BCUT2D eigenvalue weighted by atomic mass is 9.82. The van der Waals surface area contributed by atoms with Crippen LogP contribution in [-0.2, 0) is 20.5 Å². The Bertz CT molecular complexity index is 650. The second kappa shape index (κ2) is 7.07. The molecule has 2 atom stereocenters. The van der Waals surface area contributed by atoms with E-state index in [1.54, 1.807) is 13.8 Å². The molecule has 1 aliphatic carbocycles. The van der Waals surface area contributed by atoms with Crippen LogP contribution in [0.15, 0.2) is 36.0 Å². The van der Waals surface area contributed by atoms with E-state index in [2.05, 4.69) is 5.32 Å². The summed E-state index contributed by atoms with van der Waals surface area (Å²) in [5.74, 6) is -1.98. The lowest BCUT2D eigenvalue weighted by molar-refractivity contribution is -0.152. The van der Waals surface area contributed by atoms with Gasteiger partial charge in [-0.25, -0.2) is 0 Å². The summed E-state index contributed by atoms with van der Waals surface area (Å²) < 4.78 is 42.5. The number of benzene rings is 1. The largest absolute Gasteiger partial charge is 0.465 e. The summed E-state index contributed by atoms with van der Waals surface area (Å²) in [5.41, 5.74) is 0.272. The smallest absolute Gasteiger partial charge is 0.416 e. The number of anilines is 1. The SMILES string of the molecule is CCOC(=O)[C@@H]1C(=O)C=C(Nc2ccc(C(F)(F)F)cc2)C[C@H]1C. The number of esters is 1. The highest BCUT2D eigenvalue weighted by atomic mass is 19.4. The number of allylic oxidation sites excluding steroid dienone is 2. The number of hydrogen-bond acceptors (Lipinski definition) is 4. The Labute approximate surface area is 137 Å². The lowest BCUT2D eigenvalue weighted by Gasteiger charge is -2.26. The molecule has 0 bridgehead atoms. The van der Waals surface area contributed by atoms with Gasteiger partial charge in [-0.15, -0.1) is 0 Å². The fourth-order valence-corrected chi connectivity index (χ4v) is 2.66. The zero-order chi connectivity index (χ0) is 17.9. The van der Waals surface area contributed by atoms with Gasteiger partial charge in [0.2, 0.25) is 0 Å². The maximum absolute atomic E-state index is 12.5. The molecule has 0 radical (unpaired) electrons. The normalized spacial score (nSPS) is 21.2. The average Bonchev–Trinajstić information content (AvgIpc) is 2.46. The van der Waals surface area contributed by atoms with Gasteiger partial charge in [0, 0.05) is 17.5 Å². The highest BCUT2D eigenvalue weighted by molar-refractivity contribution is 6.06. The second-order valence-corrected chi connectivity index (χ2v) is 5.68. The van der Waals surface area contributed by atoms with Crippen LogP contribution >= 0.6 is 0 Å². The Kier molecular flexibility index (Phi) is 5.31. The summed E-state index contributed by atoms with van der Waals surface area (Å²) >= 11 is 0. The molecular formula is C17H18F3NO3. The Morgan fingerprint density at radius 3 is 2.42 bits per heavy atom. The molecule has 0 saturated heterocycles. The van der Waals surface area contributed by atoms with Gasteiger partial charge in [0.05, 0.1) is 12.2 Å². The van der Waals surface area contributed by atoms with E-state index in [1.807, 2.05) is 0 Å². The zero-order valence-electron chi connectivity index (χ0n) is 13.3. The highest BCUT2D eigenvalue weighted by Crippen LogP contribution is 2.32. The molecule has 1 N–H and O–H groups in total. The number of hydrogen-bond donors (Lipinski definition) is 1. The molecule has 0 unspecified atom stereocenters. The van der Waals surface area contributed by atoms with Crippen molar-refractivity contribution < 1.29 is 27.5 Å². The molecule has 1 aromatic rings. The molecule has 1 aliphatic rings. The first-order valence-corrected chi connectivity index (χ1v) is 7.57. The van der Waals surface area contributed by atoms with E-state index < -0.39 is 23.6 Å². The molecule has 7 heteroatoms. The molecule has 2 rings (SSSR count). The van der Waals surface area contributed by atoms with Gasteiger partial charge >= 0.3 is 12.1 Å². The van der Waals surface area contributed by atoms with Crippen LogP contribution in [0.3, 0.4) is 0 Å². The summed E-state index contributed by atoms with van der Waals surface area (Å²) in [5, 5.41) is 2.93. The maximum atomic E-state index is 12.5. The van der Waals surface area contributed by atoms with Crippen LogP contribution < -0.4 is 5.32 Å². The summed E-state index contributed by atoms with van der Waals surface area (Å²) in [6.07, 6.45) is -2.64. The van der Waals surface area contributed by atoms with E-state index in [0.29, 0.717) is 17.8 Å². The van der Waals surface area contributed by atoms with Gasteiger partial charge < -0.3 is 10.1 Å². The van der Waals surface area contributed by atoms with Gasteiger partial charge in [-0.05, 0) is 43.5 Å². The van der Waals surface area contributed by atoms with Gasteiger partial charge in [0.15, 0.2) is 5.78 Å². The Hall–Kier alpha value is -2.31. The quantitative estimate of drug-likeness (QED) is 0.669. The van der Waals surface area contributed by atoms with E-state index in [9.17, 15) is 22.8 Å². The van der Waals surface area contributed by atoms with Crippen molar-refractivity contribution in [3.8, 4) is 0 Å². The van der Waals surface area contributed by atoms with Crippen molar-refractivity contribution in [3.63, 3.8) is 0 Å². The molecule has 24 heavy (non-hydrogen) atoms. The molecule has 0 aliphatic heterocycles. The van der Waals surface area contributed by atoms with Gasteiger partial charge in [-0.2, -0.15) is 13.2 Å². The van der Waals surface area contributed by atoms with Crippen molar-refractivity contribution in [2.45, 2.75) is 26.4 Å². The van der Waals surface area contributed by atoms with E-state index in [0.717, 1.165) is 12.1 Å². The number of carbonyl (C=O) groups excluding carboxylic acids is 2. The van der Waals surface area contributed by atoms with Gasteiger partial charge in [-0.1, -0.05) is 6.92 Å². The molecule has 0 amide bonds. The van der Waals surface area contributed by atoms with Crippen LogP contribution in [0, 0.1) is 11.8 Å². The highest BCUT2D eigenvalue weighted by Gasteiger charge is 2.36. The van der Waals surface area contributed by atoms with E-state index in [1.165, 1.54) is 18.2 Å². The molecule has 0 aromatic heterocycles. The Morgan fingerprint density at radius 1 is 1.29 bits per heavy atom. The number of ketones is 1. The van der Waals surface area contributed by atoms with E-state index >= 15 is 0 Å². The molecule has 0 heterocycles. The number of rotatable bonds is 4. The van der Waals surface area contributed by atoms with Crippen LogP contribution in [0.4, 0.5) is 18.9 Å². The summed E-state index contributed by atoms with van der Waals surface area (Å²) in [6.45, 7) is 3.64. The minimum Gasteiger partial charge on any atom is -0.465 e. The molecule has 130 valence electrons. The van der Waals surface area contributed by atoms with Gasteiger partial charge in [0.25, 0.3) is 0 Å². The van der Waals surface area contributed by atoms with Crippen LogP contribution in [0.25, 0.3) is 0 Å². The maximum Gasteiger partial charge on any atom is 0.416 e. The zero-order valence-corrected chi connectivity index (χ0v) is 13.3. The average molecular weight is 341 g/mol. The number of carbonyl (C=O) groups is 2. The third-order valence-electron chi connectivity index (χ3n) is 3.79. The monoisotopic (exact) mass is 341 g/mol. The topological polar surface area (TPSA) is 55.4 Å². The van der Waals surface area contributed by atoms with Crippen LogP contribution in [-0.4, -0.2) is 18.4 Å². The second-order valence-electron chi connectivity index (χ2n) is 5.68. The third-order valence-corrected chi connectivity index (χ3v) is 3.79.